The number of hydrogen-bond donors (Lipinski definition) is 1. The van der Waals surface area contributed by atoms with E-state index in [4.69, 9.17) is 0 Å². The maximum Gasteiger partial charge on any atom is 0.224 e. The lowest BCUT2D eigenvalue weighted by Crippen LogP contribution is -2.25. The molecule has 0 aliphatic carbocycles. The summed E-state index contributed by atoms with van der Waals surface area (Å²) in [6.45, 7) is 1.19. The van der Waals surface area contributed by atoms with Crippen LogP contribution in [0.15, 0.2) is 23.6 Å². The SMILES string of the molecule is CC(=O)c1cc(CC(=O)NCc2cc(F)c(F)cc2F)cs1. The Hall–Kier alpha value is -2.15. The molecule has 0 saturated carbocycles. The van der Waals surface area contributed by atoms with E-state index in [1.165, 1.54) is 18.3 Å². The average molecular weight is 327 g/mol. The van der Waals surface area contributed by atoms with Crippen molar-refractivity contribution in [2.75, 3.05) is 0 Å². The van der Waals surface area contributed by atoms with Gasteiger partial charge >= 0.3 is 0 Å². The molecule has 1 N–H and O–H groups in total. The molecule has 1 aromatic carbocycles. The average Bonchev–Trinajstić information content (AvgIpc) is 2.90. The van der Waals surface area contributed by atoms with E-state index in [0.717, 1.165) is 0 Å². The summed E-state index contributed by atoms with van der Waals surface area (Å²) in [4.78, 5) is 23.5. The van der Waals surface area contributed by atoms with Gasteiger partial charge in [0.2, 0.25) is 5.91 Å². The molecule has 0 aliphatic rings. The van der Waals surface area contributed by atoms with Crippen LogP contribution in [0.25, 0.3) is 0 Å². The third-order valence-corrected chi connectivity index (χ3v) is 4.01. The monoisotopic (exact) mass is 327 g/mol. The highest BCUT2D eigenvalue weighted by atomic mass is 32.1. The van der Waals surface area contributed by atoms with E-state index in [0.29, 0.717) is 22.6 Å². The van der Waals surface area contributed by atoms with Gasteiger partial charge < -0.3 is 5.32 Å². The van der Waals surface area contributed by atoms with E-state index >= 15 is 0 Å². The summed E-state index contributed by atoms with van der Waals surface area (Å²) in [5.41, 5.74) is 0.528. The lowest BCUT2D eigenvalue weighted by atomic mass is 10.1. The van der Waals surface area contributed by atoms with Gasteiger partial charge in [0.1, 0.15) is 5.82 Å². The standard InChI is InChI=1S/C15H12F3NO2S/c1-8(20)14-2-9(7-22-14)3-15(21)19-6-10-4-12(17)13(18)5-11(10)16/h2,4-5,7H,3,6H2,1H3,(H,19,21). The van der Waals surface area contributed by atoms with Gasteiger partial charge in [-0.3, -0.25) is 9.59 Å². The summed E-state index contributed by atoms with van der Waals surface area (Å²) < 4.78 is 39.2. The zero-order valence-electron chi connectivity index (χ0n) is 11.6. The van der Waals surface area contributed by atoms with Gasteiger partial charge in [-0.2, -0.15) is 0 Å². The Morgan fingerprint density at radius 2 is 1.77 bits per heavy atom. The lowest BCUT2D eigenvalue weighted by Gasteiger charge is -2.06. The Kier molecular flexibility index (Phi) is 4.97. The van der Waals surface area contributed by atoms with E-state index in [1.807, 2.05) is 0 Å². The van der Waals surface area contributed by atoms with Crippen LogP contribution in [0.1, 0.15) is 27.7 Å². The summed E-state index contributed by atoms with van der Waals surface area (Å²) in [5, 5.41) is 4.11. The molecule has 0 saturated heterocycles. The molecule has 0 spiro atoms. The smallest absolute Gasteiger partial charge is 0.224 e. The number of carbonyl (C=O) groups is 2. The van der Waals surface area contributed by atoms with Gasteiger partial charge in [-0.1, -0.05) is 0 Å². The molecular formula is C15H12F3NO2S. The molecule has 0 aliphatic heterocycles. The first-order chi connectivity index (χ1) is 10.4. The number of hydrogen-bond acceptors (Lipinski definition) is 3. The van der Waals surface area contributed by atoms with Crippen LogP contribution in [-0.4, -0.2) is 11.7 Å². The van der Waals surface area contributed by atoms with Crippen LogP contribution in [0.3, 0.4) is 0 Å². The Morgan fingerprint density at radius 3 is 2.41 bits per heavy atom. The van der Waals surface area contributed by atoms with Crippen molar-refractivity contribution in [3.8, 4) is 0 Å². The molecule has 116 valence electrons. The van der Waals surface area contributed by atoms with Crippen molar-refractivity contribution >= 4 is 23.0 Å². The molecule has 22 heavy (non-hydrogen) atoms. The highest BCUT2D eigenvalue weighted by Crippen LogP contribution is 2.16. The largest absolute Gasteiger partial charge is 0.352 e. The van der Waals surface area contributed by atoms with Crippen LogP contribution in [0, 0.1) is 17.5 Å². The van der Waals surface area contributed by atoms with Crippen molar-refractivity contribution in [3.63, 3.8) is 0 Å². The number of rotatable bonds is 5. The van der Waals surface area contributed by atoms with Crippen molar-refractivity contribution in [3.05, 3.63) is 57.0 Å². The van der Waals surface area contributed by atoms with Crippen LogP contribution in [-0.2, 0) is 17.8 Å². The highest BCUT2D eigenvalue weighted by Gasteiger charge is 2.12. The number of benzene rings is 1. The van der Waals surface area contributed by atoms with Gasteiger partial charge in [0, 0.05) is 18.2 Å². The van der Waals surface area contributed by atoms with Crippen LogP contribution in [0.2, 0.25) is 0 Å². The van der Waals surface area contributed by atoms with Crippen molar-refractivity contribution in [2.45, 2.75) is 19.9 Å². The number of Topliss-reactive ketones (excluding diaryl/α,β-unsaturated/α-hetero) is 1. The molecule has 1 heterocycles. The normalized spacial score (nSPS) is 10.5. The number of amides is 1. The minimum Gasteiger partial charge on any atom is -0.352 e. The second-order valence-corrected chi connectivity index (χ2v) is 5.60. The number of ketones is 1. The molecule has 0 bridgehead atoms. The summed E-state index contributed by atoms with van der Waals surface area (Å²) in [6.07, 6.45) is 0.0229. The second-order valence-electron chi connectivity index (χ2n) is 4.69. The maximum absolute atomic E-state index is 13.4. The van der Waals surface area contributed by atoms with E-state index in [9.17, 15) is 22.8 Å². The van der Waals surface area contributed by atoms with Crippen molar-refractivity contribution in [1.29, 1.82) is 0 Å². The summed E-state index contributed by atoms with van der Waals surface area (Å²) in [5.74, 6) is -3.86. The van der Waals surface area contributed by atoms with Crippen LogP contribution < -0.4 is 5.32 Å². The van der Waals surface area contributed by atoms with Crippen molar-refractivity contribution in [2.24, 2.45) is 0 Å². The number of nitrogens with one attached hydrogen (secondary N) is 1. The maximum atomic E-state index is 13.4. The topological polar surface area (TPSA) is 46.2 Å². The molecule has 2 rings (SSSR count). The predicted molar refractivity (Wildman–Crippen MR) is 76.2 cm³/mol. The molecule has 7 heteroatoms. The van der Waals surface area contributed by atoms with E-state index in [-0.39, 0.29) is 24.3 Å². The van der Waals surface area contributed by atoms with Crippen LogP contribution in [0.5, 0.6) is 0 Å². The number of thiophene rings is 1. The molecule has 0 unspecified atom stereocenters. The molecule has 1 aromatic heterocycles. The molecular weight excluding hydrogens is 315 g/mol. The number of halogens is 3. The Balaban J connectivity index is 1.95. The van der Waals surface area contributed by atoms with Gasteiger partial charge in [0.15, 0.2) is 17.4 Å². The number of carbonyl (C=O) groups excluding carboxylic acids is 2. The second kappa shape index (κ2) is 6.74. The molecule has 1 amide bonds. The summed E-state index contributed by atoms with van der Waals surface area (Å²) in [7, 11) is 0. The van der Waals surface area contributed by atoms with Crippen LogP contribution >= 0.6 is 11.3 Å². The molecule has 0 atom stereocenters. The zero-order valence-corrected chi connectivity index (χ0v) is 12.4. The van der Waals surface area contributed by atoms with Crippen molar-refractivity contribution < 1.29 is 22.8 Å². The highest BCUT2D eigenvalue weighted by molar-refractivity contribution is 7.12. The first-order valence-electron chi connectivity index (χ1n) is 6.35. The molecule has 0 radical (unpaired) electrons. The van der Waals surface area contributed by atoms with E-state index in [2.05, 4.69) is 5.32 Å². The Bertz CT molecular complexity index is 728. The summed E-state index contributed by atoms with van der Waals surface area (Å²) >= 11 is 1.24. The fourth-order valence-corrected chi connectivity index (χ4v) is 2.61. The quantitative estimate of drug-likeness (QED) is 0.677. The Labute approximate surface area is 128 Å². The fraction of sp³-hybridized carbons (Fsp3) is 0.200. The third kappa shape index (κ3) is 3.94. The minimum atomic E-state index is -1.28. The zero-order chi connectivity index (χ0) is 16.3. The summed E-state index contributed by atoms with van der Waals surface area (Å²) in [6, 6.07) is 2.77. The molecule has 0 fully saturated rings. The van der Waals surface area contributed by atoms with E-state index < -0.39 is 23.4 Å². The van der Waals surface area contributed by atoms with Gasteiger partial charge in [0.25, 0.3) is 0 Å². The molecule has 2 aromatic rings. The van der Waals surface area contributed by atoms with Gasteiger partial charge in [-0.25, -0.2) is 13.2 Å². The molecule has 3 nitrogen and oxygen atoms in total. The lowest BCUT2D eigenvalue weighted by molar-refractivity contribution is -0.120. The minimum absolute atomic E-state index is 0.0229. The Morgan fingerprint density at radius 1 is 1.09 bits per heavy atom. The van der Waals surface area contributed by atoms with Gasteiger partial charge in [-0.05, 0) is 30.0 Å². The van der Waals surface area contributed by atoms with Crippen LogP contribution in [0.4, 0.5) is 13.2 Å². The van der Waals surface area contributed by atoms with E-state index in [1.54, 1.807) is 11.4 Å². The fourth-order valence-electron chi connectivity index (χ4n) is 1.79. The third-order valence-electron chi connectivity index (χ3n) is 2.93. The first kappa shape index (κ1) is 16.2. The van der Waals surface area contributed by atoms with Crippen molar-refractivity contribution in [1.82, 2.24) is 5.32 Å². The van der Waals surface area contributed by atoms with Gasteiger partial charge in [-0.15, -0.1) is 11.3 Å². The predicted octanol–water partition coefficient (Wildman–Crippen LogP) is 3.23. The van der Waals surface area contributed by atoms with Gasteiger partial charge in [0.05, 0.1) is 11.3 Å². The first-order valence-corrected chi connectivity index (χ1v) is 7.23.